The summed E-state index contributed by atoms with van der Waals surface area (Å²) in [6.07, 6.45) is 2.55. The monoisotopic (exact) mass is 264 g/mol. The van der Waals surface area contributed by atoms with E-state index in [0.717, 1.165) is 6.54 Å². The van der Waals surface area contributed by atoms with Gasteiger partial charge in [-0.05, 0) is 37.9 Å². The first kappa shape index (κ1) is 13.4. The van der Waals surface area contributed by atoms with Gasteiger partial charge in [0.05, 0.1) is 0 Å². The lowest BCUT2D eigenvalue weighted by Crippen LogP contribution is -2.27. The van der Waals surface area contributed by atoms with E-state index in [1.807, 2.05) is 0 Å². The maximum atomic E-state index is 3.62. The molecule has 1 atom stereocenters. The van der Waals surface area contributed by atoms with Crippen LogP contribution in [0.1, 0.15) is 37.1 Å². The fourth-order valence-corrected chi connectivity index (χ4v) is 3.22. The number of fused-ring (bicyclic) bond motifs is 3. The summed E-state index contributed by atoms with van der Waals surface area (Å²) in [6, 6.07) is 9.33. The Kier molecular flexibility index (Phi) is 3.98. The second kappa shape index (κ2) is 5.33. The predicted octanol–water partition coefficient (Wildman–Crippen LogP) is 3.82. The van der Waals surface area contributed by atoms with Crippen LogP contribution in [0.2, 0.25) is 0 Å². The number of nitrogens with one attached hydrogen (secondary N) is 1. The molecule has 1 aliphatic heterocycles. The van der Waals surface area contributed by atoms with Gasteiger partial charge in [0.15, 0.2) is 0 Å². The predicted molar refractivity (Wildman–Crippen MR) is 79.6 cm³/mol. The number of rotatable bonds is 2. The van der Waals surface area contributed by atoms with Gasteiger partial charge in [0, 0.05) is 29.2 Å². The van der Waals surface area contributed by atoms with E-state index >= 15 is 0 Å². The van der Waals surface area contributed by atoms with E-state index in [2.05, 4.69) is 48.0 Å². The molecule has 0 amide bonds. The van der Waals surface area contributed by atoms with Gasteiger partial charge < -0.3 is 9.88 Å². The normalized spacial score (nSPS) is 18.4. The summed E-state index contributed by atoms with van der Waals surface area (Å²) < 4.78 is 2.52. The van der Waals surface area contributed by atoms with Gasteiger partial charge >= 0.3 is 0 Å². The highest BCUT2D eigenvalue weighted by atomic mass is 35.5. The van der Waals surface area contributed by atoms with Crippen LogP contribution in [0, 0.1) is 6.92 Å². The maximum absolute atomic E-state index is 3.62. The van der Waals surface area contributed by atoms with Crippen molar-refractivity contribution in [3.63, 3.8) is 0 Å². The molecule has 1 N–H and O–H groups in total. The average molecular weight is 265 g/mol. The number of aromatic nitrogens is 1. The smallest absolute Gasteiger partial charge is 0.0485 e. The molecular formula is C15H21ClN2. The topological polar surface area (TPSA) is 17.0 Å². The third kappa shape index (κ3) is 1.94. The van der Waals surface area contributed by atoms with Gasteiger partial charge in [-0.3, -0.25) is 0 Å². The molecule has 3 rings (SSSR count). The van der Waals surface area contributed by atoms with Gasteiger partial charge in [0.25, 0.3) is 0 Å². The van der Waals surface area contributed by atoms with Crippen LogP contribution in [-0.2, 0) is 6.54 Å². The number of para-hydroxylation sites is 1. The van der Waals surface area contributed by atoms with Crippen molar-refractivity contribution in [3.8, 4) is 0 Å². The molecule has 0 aliphatic carbocycles. The molecular weight excluding hydrogens is 244 g/mol. The molecule has 0 radical (unpaired) electrons. The first-order chi connectivity index (χ1) is 8.33. The summed E-state index contributed by atoms with van der Waals surface area (Å²) in [5.74, 6) is 0. The SMILES string of the molecule is CCNC1CCCn2c1c(C)c1ccccc12.Cl. The highest BCUT2D eigenvalue weighted by molar-refractivity contribution is 5.86. The molecule has 3 heteroatoms. The summed E-state index contributed by atoms with van der Waals surface area (Å²) in [4.78, 5) is 0. The summed E-state index contributed by atoms with van der Waals surface area (Å²) in [5, 5.41) is 5.05. The minimum Gasteiger partial charge on any atom is -0.343 e. The van der Waals surface area contributed by atoms with Crippen molar-refractivity contribution < 1.29 is 0 Å². The van der Waals surface area contributed by atoms with Gasteiger partial charge in [0.1, 0.15) is 0 Å². The number of hydrogen-bond donors (Lipinski definition) is 1. The zero-order valence-electron chi connectivity index (χ0n) is 11.1. The van der Waals surface area contributed by atoms with Crippen molar-refractivity contribution in [1.82, 2.24) is 9.88 Å². The quantitative estimate of drug-likeness (QED) is 0.873. The Morgan fingerprint density at radius 3 is 2.89 bits per heavy atom. The van der Waals surface area contributed by atoms with Crippen LogP contribution >= 0.6 is 12.4 Å². The Morgan fingerprint density at radius 2 is 2.11 bits per heavy atom. The van der Waals surface area contributed by atoms with E-state index in [-0.39, 0.29) is 12.4 Å². The lowest BCUT2D eigenvalue weighted by Gasteiger charge is -2.26. The molecule has 2 nitrogen and oxygen atoms in total. The molecule has 0 bridgehead atoms. The molecule has 0 saturated heterocycles. The van der Waals surface area contributed by atoms with E-state index in [1.54, 1.807) is 0 Å². The van der Waals surface area contributed by atoms with Crippen LogP contribution in [0.3, 0.4) is 0 Å². The van der Waals surface area contributed by atoms with Crippen molar-refractivity contribution in [2.75, 3.05) is 6.54 Å². The average Bonchev–Trinajstić information content (AvgIpc) is 2.66. The van der Waals surface area contributed by atoms with Crippen molar-refractivity contribution in [3.05, 3.63) is 35.5 Å². The zero-order valence-corrected chi connectivity index (χ0v) is 11.9. The highest BCUT2D eigenvalue weighted by Crippen LogP contribution is 2.35. The van der Waals surface area contributed by atoms with Crippen LogP contribution in [0.15, 0.2) is 24.3 Å². The van der Waals surface area contributed by atoms with E-state index in [1.165, 1.54) is 41.5 Å². The minimum atomic E-state index is 0. The van der Waals surface area contributed by atoms with Gasteiger partial charge in [-0.1, -0.05) is 25.1 Å². The molecule has 2 aromatic rings. The molecule has 98 valence electrons. The summed E-state index contributed by atoms with van der Waals surface area (Å²) in [5.41, 5.74) is 4.38. The largest absolute Gasteiger partial charge is 0.343 e. The van der Waals surface area contributed by atoms with E-state index in [4.69, 9.17) is 0 Å². The molecule has 1 aromatic carbocycles. The van der Waals surface area contributed by atoms with Crippen LogP contribution in [-0.4, -0.2) is 11.1 Å². The van der Waals surface area contributed by atoms with Crippen LogP contribution in [0.5, 0.6) is 0 Å². The lowest BCUT2D eigenvalue weighted by atomic mass is 10.0. The molecule has 1 aliphatic rings. The van der Waals surface area contributed by atoms with Gasteiger partial charge in [-0.15, -0.1) is 12.4 Å². The molecule has 0 fully saturated rings. The molecule has 1 aromatic heterocycles. The molecule has 2 heterocycles. The number of benzene rings is 1. The number of nitrogens with zero attached hydrogens (tertiary/aromatic N) is 1. The van der Waals surface area contributed by atoms with Gasteiger partial charge in [-0.2, -0.15) is 0 Å². The second-order valence-corrected chi connectivity index (χ2v) is 4.93. The van der Waals surface area contributed by atoms with Crippen molar-refractivity contribution in [2.24, 2.45) is 0 Å². The molecule has 0 saturated carbocycles. The van der Waals surface area contributed by atoms with Crippen LogP contribution in [0.25, 0.3) is 10.9 Å². The molecule has 18 heavy (non-hydrogen) atoms. The van der Waals surface area contributed by atoms with E-state index in [0.29, 0.717) is 6.04 Å². The van der Waals surface area contributed by atoms with Crippen molar-refractivity contribution >= 4 is 23.3 Å². The fourth-order valence-electron chi connectivity index (χ4n) is 3.22. The second-order valence-electron chi connectivity index (χ2n) is 4.93. The van der Waals surface area contributed by atoms with E-state index in [9.17, 15) is 0 Å². The first-order valence-electron chi connectivity index (χ1n) is 6.64. The van der Waals surface area contributed by atoms with Crippen LogP contribution in [0.4, 0.5) is 0 Å². The third-order valence-corrected chi connectivity index (χ3v) is 3.93. The van der Waals surface area contributed by atoms with Gasteiger partial charge in [-0.25, -0.2) is 0 Å². The van der Waals surface area contributed by atoms with Crippen molar-refractivity contribution in [2.45, 2.75) is 39.3 Å². The Labute approximate surface area is 115 Å². The third-order valence-electron chi connectivity index (χ3n) is 3.93. The Bertz CT molecular complexity index is 545. The maximum Gasteiger partial charge on any atom is 0.0485 e. The number of halogens is 1. The molecule has 0 spiro atoms. The Morgan fingerprint density at radius 1 is 1.33 bits per heavy atom. The highest BCUT2D eigenvalue weighted by Gasteiger charge is 2.24. The number of aryl methyl sites for hydroxylation is 2. The lowest BCUT2D eigenvalue weighted by molar-refractivity contribution is 0.406. The van der Waals surface area contributed by atoms with Crippen LogP contribution < -0.4 is 5.32 Å². The van der Waals surface area contributed by atoms with Gasteiger partial charge in [0.2, 0.25) is 0 Å². The first-order valence-corrected chi connectivity index (χ1v) is 6.64. The summed E-state index contributed by atoms with van der Waals surface area (Å²) >= 11 is 0. The Balaban J connectivity index is 0.00000120. The molecule has 1 unspecified atom stereocenters. The van der Waals surface area contributed by atoms with Crippen molar-refractivity contribution in [1.29, 1.82) is 0 Å². The zero-order chi connectivity index (χ0) is 11.8. The van der Waals surface area contributed by atoms with E-state index < -0.39 is 0 Å². The summed E-state index contributed by atoms with van der Waals surface area (Å²) in [7, 11) is 0. The Hall–Kier alpha value is -0.990. The minimum absolute atomic E-state index is 0. The fraction of sp³-hybridized carbons (Fsp3) is 0.467. The summed E-state index contributed by atoms with van der Waals surface area (Å²) in [6.45, 7) is 6.68. The standard InChI is InChI=1S/C15H20N2.ClH/c1-3-16-13-8-6-10-17-14-9-5-4-7-12(14)11(2)15(13)17;/h4-5,7,9,13,16H,3,6,8,10H2,1-2H3;1H. The number of hydrogen-bond acceptors (Lipinski definition) is 1.